The van der Waals surface area contributed by atoms with Crippen LogP contribution >= 0.6 is 23.1 Å². The summed E-state index contributed by atoms with van der Waals surface area (Å²) in [7, 11) is -3.90. The molecule has 3 N–H and O–H groups in total. The summed E-state index contributed by atoms with van der Waals surface area (Å²) in [6, 6.07) is 0. The molecule has 0 aliphatic heterocycles. The Morgan fingerprint density at radius 1 is 1.42 bits per heavy atom. The maximum atomic E-state index is 11.8. The quantitative estimate of drug-likeness (QED) is 0.572. The van der Waals surface area contributed by atoms with Gasteiger partial charge in [-0.3, -0.25) is 9.48 Å². The molecule has 0 saturated heterocycles. The molecule has 1 amide bonds. The van der Waals surface area contributed by atoms with Crippen LogP contribution in [0.2, 0.25) is 0 Å². The summed E-state index contributed by atoms with van der Waals surface area (Å²) >= 11 is 2.45. The third-order valence-electron chi connectivity index (χ3n) is 2.84. The van der Waals surface area contributed by atoms with Crippen molar-refractivity contribution in [3.8, 4) is 0 Å². The van der Waals surface area contributed by atoms with Crippen LogP contribution in [0.15, 0.2) is 10.5 Å². The Kier molecular flexibility index (Phi) is 6.65. The summed E-state index contributed by atoms with van der Waals surface area (Å²) in [4.78, 5) is 11.8. The molecular weight excluding hydrogens is 374 g/mol. The van der Waals surface area contributed by atoms with E-state index in [1.807, 2.05) is 12.5 Å². The van der Waals surface area contributed by atoms with Gasteiger partial charge in [0, 0.05) is 18.4 Å². The van der Waals surface area contributed by atoms with E-state index < -0.39 is 10.0 Å². The Bertz CT molecular complexity index is 786. The van der Waals surface area contributed by atoms with E-state index in [1.54, 1.807) is 16.4 Å². The predicted octanol–water partition coefficient (Wildman–Crippen LogP) is 0.101. The summed E-state index contributed by atoms with van der Waals surface area (Å²) in [6.07, 6.45) is 5.37. The van der Waals surface area contributed by atoms with Gasteiger partial charge in [0.15, 0.2) is 0 Å². The number of sulfonamides is 1. The van der Waals surface area contributed by atoms with Crippen LogP contribution in [-0.4, -0.2) is 51.5 Å². The third kappa shape index (κ3) is 5.81. The number of thioether (sulfide) groups is 1. The van der Waals surface area contributed by atoms with Crippen molar-refractivity contribution in [2.75, 3.05) is 17.3 Å². The monoisotopic (exact) mass is 391 g/mol. The molecule has 0 spiro atoms. The van der Waals surface area contributed by atoms with Gasteiger partial charge in [-0.15, -0.1) is 15.3 Å². The third-order valence-corrected chi connectivity index (χ3v) is 5.58. The van der Waals surface area contributed by atoms with Gasteiger partial charge >= 0.3 is 0 Å². The van der Waals surface area contributed by atoms with E-state index in [0.717, 1.165) is 18.0 Å². The molecule has 0 unspecified atom stereocenters. The molecule has 0 aliphatic rings. The lowest BCUT2D eigenvalue weighted by Gasteiger charge is -1.99. The first-order valence-corrected chi connectivity index (χ1v) is 10.7. The average molecular weight is 392 g/mol. The molecule has 2 heterocycles. The fourth-order valence-electron chi connectivity index (χ4n) is 1.73. The fraction of sp³-hybridized carbons (Fsp3) is 0.545. The summed E-state index contributed by atoms with van der Waals surface area (Å²) in [6.45, 7) is 0.804. The number of rotatable bonds is 9. The molecule has 0 atom stereocenters. The van der Waals surface area contributed by atoms with Crippen LogP contribution < -0.4 is 10.5 Å². The largest absolute Gasteiger partial charge is 0.301 e. The molecular formula is C11H17N7O3S3. The molecule has 0 fully saturated rings. The number of amides is 1. The highest BCUT2D eigenvalue weighted by Crippen LogP contribution is 2.18. The first kappa shape index (κ1) is 18.8. The number of anilines is 1. The number of hydrogen-bond donors (Lipinski definition) is 2. The van der Waals surface area contributed by atoms with Crippen LogP contribution in [0.1, 0.15) is 18.5 Å². The van der Waals surface area contributed by atoms with Crippen molar-refractivity contribution in [1.29, 1.82) is 0 Å². The summed E-state index contributed by atoms with van der Waals surface area (Å²) in [5, 5.41) is 22.6. The fourth-order valence-corrected chi connectivity index (χ4v) is 3.45. The smallest absolute Gasteiger partial charge is 0.267 e. The number of aromatic nitrogens is 5. The summed E-state index contributed by atoms with van der Waals surface area (Å²) < 4.78 is 23.6. The van der Waals surface area contributed by atoms with Crippen molar-refractivity contribution < 1.29 is 13.2 Å². The normalized spacial score (nSPS) is 11.6. The Labute approximate surface area is 147 Å². The Morgan fingerprint density at radius 2 is 2.21 bits per heavy atom. The maximum absolute atomic E-state index is 11.8. The van der Waals surface area contributed by atoms with Gasteiger partial charge in [0.05, 0.1) is 12.2 Å². The Morgan fingerprint density at radius 3 is 2.88 bits per heavy atom. The van der Waals surface area contributed by atoms with Crippen LogP contribution in [-0.2, 0) is 27.8 Å². The van der Waals surface area contributed by atoms with Crippen LogP contribution in [0.3, 0.4) is 0 Å². The Hall–Kier alpha value is -1.57. The second-order valence-electron chi connectivity index (χ2n) is 4.79. The van der Waals surface area contributed by atoms with Crippen molar-refractivity contribution >= 4 is 44.2 Å². The van der Waals surface area contributed by atoms with Crippen LogP contribution in [0.5, 0.6) is 0 Å². The van der Waals surface area contributed by atoms with E-state index in [1.165, 1.54) is 0 Å². The minimum Gasteiger partial charge on any atom is -0.301 e. The highest BCUT2D eigenvalue weighted by atomic mass is 32.2. The van der Waals surface area contributed by atoms with E-state index in [2.05, 4.69) is 25.8 Å². The minimum absolute atomic E-state index is 0.104. The molecule has 2 rings (SSSR count). The molecule has 0 aliphatic carbocycles. The zero-order valence-electron chi connectivity index (χ0n) is 12.9. The molecule has 24 heavy (non-hydrogen) atoms. The van der Waals surface area contributed by atoms with E-state index in [0.29, 0.717) is 24.2 Å². The second-order valence-corrected chi connectivity index (χ2v) is 8.48. The zero-order chi connectivity index (χ0) is 17.6. The Balaban J connectivity index is 1.75. The zero-order valence-corrected chi connectivity index (χ0v) is 15.3. The van der Waals surface area contributed by atoms with Gasteiger partial charge in [0.1, 0.15) is 0 Å². The van der Waals surface area contributed by atoms with Gasteiger partial charge in [-0.25, -0.2) is 13.6 Å². The van der Waals surface area contributed by atoms with Crippen molar-refractivity contribution in [2.24, 2.45) is 5.14 Å². The molecule has 132 valence electrons. The van der Waals surface area contributed by atoms with Crippen molar-refractivity contribution in [3.05, 3.63) is 11.9 Å². The van der Waals surface area contributed by atoms with Gasteiger partial charge in [-0.1, -0.05) is 16.6 Å². The predicted molar refractivity (Wildman–Crippen MR) is 91.3 cm³/mol. The van der Waals surface area contributed by atoms with Crippen molar-refractivity contribution in [2.45, 2.75) is 30.1 Å². The lowest BCUT2D eigenvalue weighted by atomic mass is 10.2. The van der Waals surface area contributed by atoms with Crippen molar-refractivity contribution in [1.82, 2.24) is 25.2 Å². The molecule has 2 aromatic rings. The molecule has 10 nitrogen and oxygen atoms in total. The summed E-state index contributed by atoms with van der Waals surface area (Å²) in [5.41, 5.74) is 0.830. The molecule has 2 aromatic heterocycles. The summed E-state index contributed by atoms with van der Waals surface area (Å²) in [5.74, 6) is 0.690. The molecule has 13 heteroatoms. The highest BCUT2D eigenvalue weighted by molar-refractivity contribution is 7.98. The minimum atomic E-state index is -3.90. The van der Waals surface area contributed by atoms with Gasteiger partial charge in [0.25, 0.3) is 10.0 Å². The van der Waals surface area contributed by atoms with Gasteiger partial charge < -0.3 is 5.32 Å². The molecule has 0 bridgehead atoms. The topological polar surface area (TPSA) is 146 Å². The number of nitrogens with one attached hydrogen (secondary N) is 1. The lowest BCUT2D eigenvalue weighted by Crippen LogP contribution is -2.11. The highest BCUT2D eigenvalue weighted by Gasteiger charge is 2.16. The maximum Gasteiger partial charge on any atom is 0.267 e. The number of carbonyl (C=O) groups is 1. The van der Waals surface area contributed by atoms with E-state index in [9.17, 15) is 13.2 Å². The molecule has 0 saturated carbocycles. The number of nitrogens with zero attached hydrogens (tertiary/aromatic N) is 5. The van der Waals surface area contributed by atoms with E-state index >= 15 is 0 Å². The van der Waals surface area contributed by atoms with Crippen LogP contribution in [0.25, 0.3) is 0 Å². The van der Waals surface area contributed by atoms with E-state index in [4.69, 9.17) is 5.14 Å². The van der Waals surface area contributed by atoms with E-state index in [-0.39, 0.29) is 21.8 Å². The number of aryl methyl sites for hydroxylation is 2. The van der Waals surface area contributed by atoms with Gasteiger partial charge in [0.2, 0.25) is 15.4 Å². The number of nitrogens with two attached hydrogens (primary N) is 1. The van der Waals surface area contributed by atoms with Crippen LogP contribution in [0, 0.1) is 0 Å². The standard InChI is InChI=1S/C11H17N7O3S3/c1-22-6-5-18-7-8(14-17-18)3-2-4-9(19)13-10-15-16-11(23-10)24(12,20)21/h7H,2-6H2,1H3,(H2,12,20,21)(H,13,15,19). The first-order valence-electron chi connectivity index (χ1n) is 6.92. The average Bonchev–Trinajstić information content (AvgIpc) is 3.14. The number of carbonyl (C=O) groups excluding carboxylic acids is 1. The lowest BCUT2D eigenvalue weighted by molar-refractivity contribution is -0.116. The first-order chi connectivity index (χ1) is 11.4. The number of primary sulfonamides is 1. The SMILES string of the molecule is CSCCn1cc(CCCC(=O)Nc2nnc(S(N)(=O)=O)s2)nn1. The van der Waals surface area contributed by atoms with Gasteiger partial charge in [-0.2, -0.15) is 11.8 Å². The second kappa shape index (κ2) is 8.50. The molecule has 0 radical (unpaired) electrons. The molecule has 0 aromatic carbocycles. The number of hydrogen-bond acceptors (Lipinski definition) is 9. The van der Waals surface area contributed by atoms with Crippen LogP contribution in [0.4, 0.5) is 5.13 Å². The van der Waals surface area contributed by atoms with Gasteiger partial charge in [-0.05, 0) is 19.1 Å². The van der Waals surface area contributed by atoms with Crippen molar-refractivity contribution in [3.63, 3.8) is 0 Å².